The van der Waals surface area contributed by atoms with E-state index in [2.05, 4.69) is 44.6 Å². The van der Waals surface area contributed by atoms with Gasteiger partial charge in [-0.2, -0.15) is 0 Å². The van der Waals surface area contributed by atoms with E-state index in [0.29, 0.717) is 0 Å². The van der Waals surface area contributed by atoms with Crippen LogP contribution in [-0.4, -0.2) is 6.61 Å². The Kier molecular flexibility index (Phi) is 2.10. The fourth-order valence-corrected chi connectivity index (χ4v) is 2.40. The highest BCUT2D eigenvalue weighted by Crippen LogP contribution is 2.36. The molecule has 0 bridgehead atoms. The molecular formula is C8H6BrIO. The molecule has 0 spiro atoms. The van der Waals surface area contributed by atoms with E-state index in [0.717, 1.165) is 23.2 Å². The van der Waals surface area contributed by atoms with Crippen molar-refractivity contribution < 1.29 is 4.74 Å². The van der Waals surface area contributed by atoms with E-state index in [4.69, 9.17) is 4.74 Å². The van der Waals surface area contributed by atoms with Crippen molar-refractivity contribution in [3.8, 4) is 5.75 Å². The van der Waals surface area contributed by atoms with Crippen molar-refractivity contribution in [1.29, 1.82) is 0 Å². The molecule has 0 radical (unpaired) electrons. The molecule has 0 saturated heterocycles. The quantitative estimate of drug-likeness (QED) is 0.667. The first-order valence-corrected chi connectivity index (χ1v) is 5.26. The summed E-state index contributed by atoms with van der Waals surface area (Å²) in [5.41, 5.74) is 1.35. The average molecular weight is 325 g/mol. The van der Waals surface area contributed by atoms with Crippen molar-refractivity contribution in [2.24, 2.45) is 0 Å². The van der Waals surface area contributed by atoms with Crippen LogP contribution in [0.5, 0.6) is 5.75 Å². The van der Waals surface area contributed by atoms with Gasteiger partial charge >= 0.3 is 0 Å². The minimum atomic E-state index is 0.827. The van der Waals surface area contributed by atoms with Crippen molar-refractivity contribution in [2.75, 3.05) is 6.61 Å². The second-order valence-electron chi connectivity index (χ2n) is 2.44. The molecule has 0 saturated carbocycles. The Hall–Kier alpha value is 0.230. The summed E-state index contributed by atoms with van der Waals surface area (Å²) in [5, 5.41) is 0. The van der Waals surface area contributed by atoms with Crippen LogP contribution in [0.15, 0.2) is 16.6 Å². The van der Waals surface area contributed by atoms with Gasteiger partial charge in [0.15, 0.2) is 0 Å². The molecule has 0 N–H and O–H groups in total. The molecule has 1 aliphatic rings. The first kappa shape index (κ1) is 7.86. The number of hydrogen-bond acceptors (Lipinski definition) is 1. The van der Waals surface area contributed by atoms with Gasteiger partial charge in [0, 0.05) is 15.6 Å². The van der Waals surface area contributed by atoms with Crippen LogP contribution in [0.25, 0.3) is 0 Å². The van der Waals surface area contributed by atoms with Crippen molar-refractivity contribution in [3.63, 3.8) is 0 Å². The van der Waals surface area contributed by atoms with Gasteiger partial charge in [-0.1, -0.05) is 0 Å². The van der Waals surface area contributed by atoms with Gasteiger partial charge in [-0.15, -0.1) is 0 Å². The number of fused-ring (bicyclic) bond motifs is 1. The summed E-state index contributed by atoms with van der Waals surface area (Å²) in [7, 11) is 0. The number of halogens is 2. The van der Waals surface area contributed by atoms with Crippen LogP contribution >= 0.6 is 38.5 Å². The van der Waals surface area contributed by atoms with E-state index in [1.165, 1.54) is 9.13 Å². The molecule has 1 nitrogen and oxygen atoms in total. The van der Waals surface area contributed by atoms with Gasteiger partial charge in [0.2, 0.25) is 0 Å². The molecule has 0 aliphatic carbocycles. The lowest BCUT2D eigenvalue weighted by atomic mass is 10.2. The van der Waals surface area contributed by atoms with Gasteiger partial charge in [0.1, 0.15) is 5.75 Å². The molecule has 1 aliphatic heterocycles. The lowest BCUT2D eigenvalue weighted by Crippen LogP contribution is -1.86. The Morgan fingerprint density at radius 2 is 2.27 bits per heavy atom. The third-order valence-electron chi connectivity index (χ3n) is 1.75. The highest BCUT2D eigenvalue weighted by atomic mass is 127. The van der Waals surface area contributed by atoms with E-state index in [1.54, 1.807) is 0 Å². The van der Waals surface area contributed by atoms with Gasteiger partial charge in [0.05, 0.1) is 11.1 Å². The predicted octanol–water partition coefficient (Wildman–Crippen LogP) is 2.99. The maximum Gasteiger partial charge on any atom is 0.137 e. The average Bonchev–Trinajstić information content (AvgIpc) is 2.45. The number of hydrogen-bond donors (Lipinski definition) is 0. The van der Waals surface area contributed by atoms with Gasteiger partial charge in [0.25, 0.3) is 0 Å². The van der Waals surface area contributed by atoms with E-state index < -0.39 is 0 Å². The highest BCUT2D eigenvalue weighted by Gasteiger charge is 2.17. The normalized spacial score (nSPS) is 14.4. The highest BCUT2D eigenvalue weighted by molar-refractivity contribution is 14.1. The topological polar surface area (TPSA) is 9.23 Å². The molecule has 1 aromatic rings. The van der Waals surface area contributed by atoms with Gasteiger partial charge in [-0.25, -0.2) is 0 Å². The predicted molar refractivity (Wildman–Crippen MR) is 56.1 cm³/mol. The standard InChI is InChI=1S/C8H6BrIO/c9-6-1-2-7(10)5-3-4-11-8(5)6/h1-2H,3-4H2. The Balaban J connectivity index is 2.64. The van der Waals surface area contributed by atoms with Crippen LogP contribution in [0.3, 0.4) is 0 Å². The molecule has 1 heterocycles. The van der Waals surface area contributed by atoms with Crippen LogP contribution < -0.4 is 4.74 Å². The Morgan fingerprint density at radius 1 is 1.45 bits per heavy atom. The number of ether oxygens (including phenoxy) is 1. The Bertz CT molecular complexity index is 269. The summed E-state index contributed by atoms with van der Waals surface area (Å²) >= 11 is 5.79. The van der Waals surface area contributed by atoms with Crippen LogP contribution in [0, 0.1) is 3.57 Å². The molecule has 0 aromatic heterocycles. The van der Waals surface area contributed by atoms with Crippen molar-refractivity contribution in [3.05, 3.63) is 25.7 Å². The van der Waals surface area contributed by atoms with Gasteiger partial charge in [-0.3, -0.25) is 0 Å². The first-order chi connectivity index (χ1) is 5.29. The lowest BCUT2D eigenvalue weighted by molar-refractivity contribution is 0.355. The minimum Gasteiger partial charge on any atom is -0.492 e. The molecular weight excluding hydrogens is 319 g/mol. The zero-order valence-electron chi connectivity index (χ0n) is 5.73. The molecule has 0 amide bonds. The van der Waals surface area contributed by atoms with Crippen molar-refractivity contribution >= 4 is 38.5 Å². The third kappa shape index (κ3) is 1.28. The Morgan fingerprint density at radius 3 is 3.00 bits per heavy atom. The fraction of sp³-hybridized carbons (Fsp3) is 0.250. The van der Waals surface area contributed by atoms with Crippen LogP contribution in [0.1, 0.15) is 5.56 Å². The molecule has 1 aromatic carbocycles. The molecule has 0 atom stereocenters. The van der Waals surface area contributed by atoms with Crippen LogP contribution in [-0.2, 0) is 6.42 Å². The molecule has 58 valence electrons. The third-order valence-corrected chi connectivity index (χ3v) is 3.39. The first-order valence-electron chi connectivity index (χ1n) is 3.39. The minimum absolute atomic E-state index is 0.827. The zero-order chi connectivity index (χ0) is 7.84. The summed E-state index contributed by atoms with van der Waals surface area (Å²) in [6, 6.07) is 4.14. The molecule has 11 heavy (non-hydrogen) atoms. The smallest absolute Gasteiger partial charge is 0.137 e. The fourth-order valence-electron chi connectivity index (χ4n) is 1.22. The maximum absolute atomic E-state index is 5.46. The lowest BCUT2D eigenvalue weighted by Gasteiger charge is -2.02. The van der Waals surface area contributed by atoms with Gasteiger partial charge < -0.3 is 4.74 Å². The SMILES string of the molecule is Brc1ccc(I)c2c1OCC2. The maximum atomic E-state index is 5.46. The second kappa shape index (κ2) is 2.94. The van der Waals surface area contributed by atoms with Gasteiger partial charge in [-0.05, 0) is 50.7 Å². The van der Waals surface area contributed by atoms with E-state index in [-0.39, 0.29) is 0 Å². The molecule has 2 rings (SSSR count). The zero-order valence-corrected chi connectivity index (χ0v) is 9.48. The summed E-state index contributed by atoms with van der Waals surface area (Å²) in [6.45, 7) is 0.827. The van der Waals surface area contributed by atoms with E-state index in [1.807, 2.05) is 6.07 Å². The number of benzene rings is 1. The molecule has 0 unspecified atom stereocenters. The summed E-state index contributed by atoms with van der Waals surface area (Å²) in [4.78, 5) is 0. The Labute approximate surface area is 87.4 Å². The monoisotopic (exact) mass is 324 g/mol. The van der Waals surface area contributed by atoms with E-state index >= 15 is 0 Å². The van der Waals surface area contributed by atoms with Crippen molar-refractivity contribution in [1.82, 2.24) is 0 Å². The van der Waals surface area contributed by atoms with Crippen LogP contribution in [0.2, 0.25) is 0 Å². The summed E-state index contributed by atoms with van der Waals surface area (Å²) in [5.74, 6) is 1.04. The summed E-state index contributed by atoms with van der Waals surface area (Å²) in [6.07, 6.45) is 1.05. The second-order valence-corrected chi connectivity index (χ2v) is 4.45. The molecule has 0 fully saturated rings. The number of rotatable bonds is 0. The largest absolute Gasteiger partial charge is 0.492 e. The molecule has 3 heteroatoms. The van der Waals surface area contributed by atoms with Crippen LogP contribution in [0.4, 0.5) is 0 Å². The van der Waals surface area contributed by atoms with Crippen molar-refractivity contribution in [2.45, 2.75) is 6.42 Å². The van der Waals surface area contributed by atoms with E-state index in [9.17, 15) is 0 Å². The summed E-state index contributed by atoms with van der Waals surface area (Å²) < 4.78 is 7.84.